The average Bonchev–Trinajstić information content (AvgIpc) is 2.54. The van der Waals surface area contributed by atoms with Crippen molar-refractivity contribution < 1.29 is 0 Å². The third kappa shape index (κ3) is 2.67. The van der Waals surface area contributed by atoms with Gasteiger partial charge < -0.3 is 5.73 Å². The summed E-state index contributed by atoms with van der Waals surface area (Å²) < 4.78 is 1.82. The zero-order valence-electron chi connectivity index (χ0n) is 8.68. The van der Waals surface area contributed by atoms with Gasteiger partial charge in [-0.1, -0.05) is 0 Å². The summed E-state index contributed by atoms with van der Waals surface area (Å²) in [5.74, 6) is 0. The van der Waals surface area contributed by atoms with Crippen LogP contribution in [0.2, 0.25) is 0 Å². The van der Waals surface area contributed by atoms with Crippen LogP contribution in [0.4, 0.5) is 0 Å². The van der Waals surface area contributed by atoms with Crippen molar-refractivity contribution in [2.45, 2.75) is 19.8 Å². The maximum atomic E-state index is 5.45. The summed E-state index contributed by atoms with van der Waals surface area (Å²) in [6.45, 7) is 2.68. The molecule has 2 aromatic heterocycles. The molecule has 0 aliphatic rings. The second kappa shape index (κ2) is 5.09. The van der Waals surface area contributed by atoms with Crippen molar-refractivity contribution in [1.82, 2.24) is 14.6 Å². The second-order valence-electron chi connectivity index (χ2n) is 3.44. The van der Waals surface area contributed by atoms with Crippen LogP contribution < -0.4 is 5.73 Å². The molecule has 82 valence electrons. The monoisotopic (exact) mass is 226 g/mol. The van der Waals surface area contributed by atoms with Crippen molar-refractivity contribution in [1.29, 1.82) is 0 Å². The molecular formula is C10H15ClN4. The molecule has 0 aliphatic heterocycles. The van der Waals surface area contributed by atoms with Crippen LogP contribution >= 0.6 is 12.4 Å². The normalized spacial score (nSPS) is 10.3. The Morgan fingerprint density at radius 2 is 2.27 bits per heavy atom. The molecule has 0 amide bonds. The van der Waals surface area contributed by atoms with E-state index < -0.39 is 0 Å². The van der Waals surface area contributed by atoms with Gasteiger partial charge in [0, 0.05) is 18.5 Å². The molecule has 0 aromatic carbocycles. The summed E-state index contributed by atoms with van der Waals surface area (Å²) >= 11 is 0. The SMILES string of the molecule is Cc1cc2ncc(CCCN)cn2n1.Cl. The average molecular weight is 227 g/mol. The largest absolute Gasteiger partial charge is 0.330 e. The Hall–Kier alpha value is -1.13. The molecular weight excluding hydrogens is 212 g/mol. The first-order valence-corrected chi connectivity index (χ1v) is 4.80. The number of hydrogen-bond donors (Lipinski definition) is 1. The zero-order valence-corrected chi connectivity index (χ0v) is 9.50. The van der Waals surface area contributed by atoms with E-state index in [2.05, 4.69) is 10.1 Å². The molecule has 0 saturated heterocycles. The maximum Gasteiger partial charge on any atom is 0.155 e. The Kier molecular flexibility index (Phi) is 4.05. The highest BCUT2D eigenvalue weighted by molar-refractivity contribution is 5.85. The van der Waals surface area contributed by atoms with E-state index >= 15 is 0 Å². The lowest BCUT2D eigenvalue weighted by molar-refractivity contribution is 0.809. The van der Waals surface area contributed by atoms with E-state index in [1.54, 1.807) is 0 Å². The van der Waals surface area contributed by atoms with Gasteiger partial charge in [0.2, 0.25) is 0 Å². The molecule has 0 spiro atoms. The number of hydrogen-bond acceptors (Lipinski definition) is 3. The maximum absolute atomic E-state index is 5.45. The summed E-state index contributed by atoms with van der Waals surface area (Å²) in [6.07, 6.45) is 5.88. The predicted octanol–water partition coefficient (Wildman–Crippen LogP) is 1.35. The van der Waals surface area contributed by atoms with E-state index in [4.69, 9.17) is 5.73 Å². The van der Waals surface area contributed by atoms with Gasteiger partial charge in [0.1, 0.15) is 0 Å². The van der Waals surface area contributed by atoms with Crippen LogP contribution in [0.5, 0.6) is 0 Å². The molecule has 0 aliphatic carbocycles. The number of aryl methyl sites for hydroxylation is 2. The van der Waals surface area contributed by atoms with Crippen LogP contribution in [-0.4, -0.2) is 21.1 Å². The molecule has 0 atom stereocenters. The molecule has 0 fully saturated rings. The Morgan fingerprint density at radius 1 is 1.47 bits per heavy atom. The van der Waals surface area contributed by atoms with Crippen LogP contribution in [0.1, 0.15) is 17.7 Å². The van der Waals surface area contributed by atoms with Gasteiger partial charge in [-0.25, -0.2) is 9.50 Å². The van der Waals surface area contributed by atoms with Gasteiger partial charge in [-0.15, -0.1) is 12.4 Å². The second-order valence-corrected chi connectivity index (χ2v) is 3.44. The van der Waals surface area contributed by atoms with Crippen LogP contribution in [-0.2, 0) is 6.42 Å². The molecule has 2 heterocycles. The summed E-state index contributed by atoms with van der Waals surface area (Å²) in [5, 5.41) is 4.30. The topological polar surface area (TPSA) is 56.2 Å². The van der Waals surface area contributed by atoms with Gasteiger partial charge in [-0.3, -0.25) is 0 Å². The third-order valence-electron chi connectivity index (χ3n) is 2.16. The first-order valence-electron chi connectivity index (χ1n) is 4.80. The van der Waals surface area contributed by atoms with Gasteiger partial charge in [0.05, 0.1) is 5.69 Å². The van der Waals surface area contributed by atoms with Gasteiger partial charge >= 0.3 is 0 Å². The summed E-state index contributed by atoms with van der Waals surface area (Å²) in [6, 6.07) is 1.96. The van der Waals surface area contributed by atoms with Crippen LogP contribution in [0.25, 0.3) is 5.65 Å². The fraction of sp³-hybridized carbons (Fsp3) is 0.400. The Labute approximate surface area is 94.9 Å². The van der Waals surface area contributed by atoms with Gasteiger partial charge in [-0.2, -0.15) is 5.10 Å². The number of rotatable bonds is 3. The van der Waals surface area contributed by atoms with Crippen molar-refractivity contribution >= 4 is 18.1 Å². The highest BCUT2D eigenvalue weighted by Gasteiger charge is 1.99. The lowest BCUT2D eigenvalue weighted by atomic mass is 10.2. The summed E-state index contributed by atoms with van der Waals surface area (Å²) in [5.41, 5.74) is 8.53. The quantitative estimate of drug-likeness (QED) is 0.860. The summed E-state index contributed by atoms with van der Waals surface area (Å²) in [7, 11) is 0. The fourth-order valence-corrected chi connectivity index (χ4v) is 1.47. The van der Waals surface area contributed by atoms with Gasteiger partial charge in [0.25, 0.3) is 0 Å². The van der Waals surface area contributed by atoms with Crippen molar-refractivity contribution in [2.24, 2.45) is 5.73 Å². The predicted molar refractivity (Wildman–Crippen MR) is 62.3 cm³/mol. The number of nitrogens with two attached hydrogens (primary N) is 1. The van der Waals surface area contributed by atoms with E-state index in [1.807, 2.05) is 29.9 Å². The minimum absolute atomic E-state index is 0. The van der Waals surface area contributed by atoms with E-state index in [1.165, 1.54) is 5.56 Å². The first kappa shape index (κ1) is 11.9. The minimum Gasteiger partial charge on any atom is -0.330 e. The number of fused-ring (bicyclic) bond motifs is 1. The molecule has 2 rings (SSSR count). The van der Waals surface area contributed by atoms with E-state index in [0.717, 1.165) is 30.7 Å². The molecule has 5 heteroatoms. The van der Waals surface area contributed by atoms with Crippen LogP contribution in [0.15, 0.2) is 18.5 Å². The first-order chi connectivity index (χ1) is 6.79. The standard InChI is InChI=1S/C10H14N4.ClH/c1-8-5-10-12-6-9(3-2-4-11)7-14(10)13-8;/h5-7H,2-4,11H2,1H3;1H. The Balaban J connectivity index is 0.00000112. The lowest BCUT2D eigenvalue weighted by Crippen LogP contribution is -2.01. The van der Waals surface area contributed by atoms with E-state index in [9.17, 15) is 0 Å². The Bertz CT molecular complexity index is 438. The molecule has 2 aromatic rings. The lowest BCUT2D eigenvalue weighted by Gasteiger charge is -1.99. The number of nitrogens with zero attached hydrogens (tertiary/aromatic N) is 3. The Morgan fingerprint density at radius 3 is 3.00 bits per heavy atom. The fourth-order valence-electron chi connectivity index (χ4n) is 1.47. The zero-order chi connectivity index (χ0) is 9.97. The molecule has 0 bridgehead atoms. The summed E-state index contributed by atoms with van der Waals surface area (Å²) in [4.78, 5) is 4.31. The van der Waals surface area contributed by atoms with Crippen molar-refractivity contribution in [2.75, 3.05) is 6.54 Å². The van der Waals surface area contributed by atoms with Crippen LogP contribution in [0, 0.1) is 6.92 Å². The highest BCUT2D eigenvalue weighted by Crippen LogP contribution is 2.06. The molecule has 2 N–H and O–H groups in total. The minimum atomic E-state index is 0. The third-order valence-corrected chi connectivity index (χ3v) is 2.16. The molecule has 0 unspecified atom stereocenters. The van der Waals surface area contributed by atoms with E-state index in [0.29, 0.717) is 0 Å². The molecule has 4 nitrogen and oxygen atoms in total. The van der Waals surface area contributed by atoms with E-state index in [-0.39, 0.29) is 12.4 Å². The smallest absolute Gasteiger partial charge is 0.155 e. The van der Waals surface area contributed by atoms with Gasteiger partial charge in [-0.05, 0) is 31.9 Å². The number of aromatic nitrogens is 3. The molecule has 0 saturated carbocycles. The molecule has 0 radical (unpaired) electrons. The van der Waals surface area contributed by atoms with Crippen molar-refractivity contribution in [3.63, 3.8) is 0 Å². The highest BCUT2D eigenvalue weighted by atomic mass is 35.5. The van der Waals surface area contributed by atoms with Crippen molar-refractivity contribution in [3.8, 4) is 0 Å². The van der Waals surface area contributed by atoms with Gasteiger partial charge in [0.15, 0.2) is 5.65 Å². The van der Waals surface area contributed by atoms with Crippen LogP contribution in [0.3, 0.4) is 0 Å². The van der Waals surface area contributed by atoms with Crippen molar-refractivity contribution in [3.05, 3.63) is 29.7 Å². The number of halogens is 1. The molecule has 15 heavy (non-hydrogen) atoms.